The monoisotopic (exact) mass is 343 g/mol. The minimum atomic E-state index is 0.279. The standard InChI is InChI=1S/C15H13N5O3S/c1-21-10-4-8(5-11(22-2)13(10)23-3)12-9(6-16)14-19-17-7-20(14)15(24)18-12/h4-5,7,19H,1-3H3. The van der Waals surface area contributed by atoms with Gasteiger partial charge in [0.15, 0.2) is 17.1 Å². The molecule has 3 aromatic rings. The Balaban J connectivity index is 2.36. The number of rotatable bonds is 4. The second-order valence-corrected chi connectivity index (χ2v) is 5.08. The van der Waals surface area contributed by atoms with Gasteiger partial charge in [-0.25, -0.2) is 4.98 Å². The molecule has 9 heteroatoms. The summed E-state index contributed by atoms with van der Waals surface area (Å²) in [6.07, 6.45) is 1.48. The smallest absolute Gasteiger partial charge is 0.207 e. The van der Waals surface area contributed by atoms with Crippen LogP contribution in [0.25, 0.3) is 16.9 Å². The maximum absolute atomic E-state index is 9.57. The van der Waals surface area contributed by atoms with Gasteiger partial charge in [-0.05, 0) is 24.4 Å². The van der Waals surface area contributed by atoms with Crippen LogP contribution < -0.4 is 14.2 Å². The third-order valence-corrected chi connectivity index (χ3v) is 3.81. The number of nitriles is 1. The van der Waals surface area contributed by atoms with E-state index in [-0.39, 0.29) is 4.77 Å². The maximum atomic E-state index is 9.57. The number of ether oxygens (including phenoxy) is 3. The van der Waals surface area contributed by atoms with Crippen LogP contribution in [-0.4, -0.2) is 40.9 Å². The van der Waals surface area contributed by atoms with Crippen molar-refractivity contribution in [2.24, 2.45) is 0 Å². The van der Waals surface area contributed by atoms with E-state index in [1.54, 1.807) is 12.1 Å². The van der Waals surface area contributed by atoms with E-state index in [2.05, 4.69) is 21.3 Å². The van der Waals surface area contributed by atoms with Gasteiger partial charge in [0.2, 0.25) is 10.5 Å². The summed E-state index contributed by atoms with van der Waals surface area (Å²) >= 11 is 5.27. The molecule has 0 amide bonds. The normalized spacial score (nSPS) is 10.4. The fraction of sp³-hybridized carbons (Fsp3) is 0.200. The van der Waals surface area contributed by atoms with E-state index in [1.165, 1.54) is 32.1 Å². The van der Waals surface area contributed by atoms with Gasteiger partial charge < -0.3 is 14.2 Å². The van der Waals surface area contributed by atoms with Crippen molar-refractivity contribution in [1.29, 1.82) is 5.26 Å². The van der Waals surface area contributed by atoms with Gasteiger partial charge in [0.1, 0.15) is 18.0 Å². The zero-order valence-electron chi connectivity index (χ0n) is 13.2. The van der Waals surface area contributed by atoms with E-state index in [0.717, 1.165) is 0 Å². The number of methoxy groups -OCH3 is 3. The lowest BCUT2D eigenvalue weighted by molar-refractivity contribution is 0.324. The molecule has 0 saturated heterocycles. The second kappa shape index (κ2) is 6.17. The Morgan fingerprint density at radius 1 is 1.17 bits per heavy atom. The van der Waals surface area contributed by atoms with Gasteiger partial charge >= 0.3 is 0 Å². The molecule has 2 aromatic heterocycles. The number of benzene rings is 1. The zero-order chi connectivity index (χ0) is 17.3. The average molecular weight is 343 g/mol. The van der Waals surface area contributed by atoms with Crippen molar-refractivity contribution in [3.8, 4) is 34.6 Å². The zero-order valence-corrected chi connectivity index (χ0v) is 14.0. The van der Waals surface area contributed by atoms with Crippen molar-refractivity contribution in [1.82, 2.24) is 19.6 Å². The lowest BCUT2D eigenvalue weighted by Crippen LogP contribution is -2.00. The average Bonchev–Trinajstić information content (AvgIpc) is 3.10. The van der Waals surface area contributed by atoms with E-state index in [4.69, 9.17) is 26.4 Å². The molecule has 0 bridgehead atoms. The van der Waals surface area contributed by atoms with Crippen LogP contribution in [0.1, 0.15) is 5.56 Å². The fourth-order valence-electron chi connectivity index (χ4n) is 2.43. The van der Waals surface area contributed by atoms with Gasteiger partial charge in [-0.3, -0.25) is 9.50 Å². The van der Waals surface area contributed by atoms with Crippen LogP contribution in [0, 0.1) is 16.1 Å². The number of aromatic amines is 1. The predicted octanol–water partition coefficient (Wildman–Crippen LogP) is 2.35. The molecule has 2 heterocycles. The first-order chi connectivity index (χ1) is 11.6. The van der Waals surface area contributed by atoms with E-state index < -0.39 is 0 Å². The molecule has 8 nitrogen and oxygen atoms in total. The van der Waals surface area contributed by atoms with Crippen molar-refractivity contribution in [3.05, 3.63) is 28.8 Å². The first-order valence-electron chi connectivity index (χ1n) is 6.80. The number of hydrogen-bond donors (Lipinski definition) is 1. The molecule has 0 aliphatic rings. The third kappa shape index (κ3) is 2.33. The summed E-state index contributed by atoms with van der Waals surface area (Å²) < 4.78 is 17.8. The van der Waals surface area contributed by atoms with Gasteiger partial charge in [0.05, 0.1) is 27.0 Å². The molecule has 0 saturated carbocycles. The second-order valence-electron chi connectivity index (χ2n) is 4.72. The summed E-state index contributed by atoms with van der Waals surface area (Å²) in [5.41, 5.74) is 1.81. The van der Waals surface area contributed by atoms with E-state index in [9.17, 15) is 5.26 Å². The highest BCUT2D eigenvalue weighted by Gasteiger charge is 2.19. The Hall–Kier alpha value is -3.12. The van der Waals surface area contributed by atoms with Crippen LogP contribution in [0.4, 0.5) is 0 Å². The Kier molecular flexibility index (Phi) is 4.05. The highest BCUT2D eigenvalue weighted by molar-refractivity contribution is 7.71. The van der Waals surface area contributed by atoms with E-state index in [0.29, 0.717) is 39.7 Å². The van der Waals surface area contributed by atoms with Crippen molar-refractivity contribution in [2.45, 2.75) is 0 Å². The highest BCUT2D eigenvalue weighted by Crippen LogP contribution is 2.41. The van der Waals surface area contributed by atoms with Crippen molar-refractivity contribution >= 4 is 17.9 Å². The molecule has 0 fully saturated rings. The molecule has 0 aliphatic heterocycles. The van der Waals surface area contributed by atoms with Crippen molar-refractivity contribution in [3.63, 3.8) is 0 Å². The number of aromatic nitrogens is 4. The van der Waals surface area contributed by atoms with Gasteiger partial charge in [0.25, 0.3) is 0 Å². The molecule has 0 atom stereocenters. The number of nitrogens with zero attached hydrogens (tertiary/aromatic N) is 4. The Bertz CT molecular complexity index is 993. The van der Waals surface area contributed by atoms with E-state index >= 15 is 0 Å². The van der Waals surface area contributed by atoms with Crippen molar-refractivity contribution < 1.29 is 14.2 Å². The number of H-pyrrole nitrogens is 1. The Labute approximate surface area is 142 Å². The lowest BCUT2D eigenvalue weighted by Gasteiger charge is -2.14. The van der Waals surface area contributed by atoms with Crippen LogP contribution >= 0.6 is 12.2 Å². The molecule has 0 aliphatic carbocycles. The van der Waals surface area contributed by atoms with Gasteiger partial charge in [-0.2, -0.15) is 10.4 Å². The number of hydrogen-bond acceptors (Lipinski definition) is 7. The molecule has 0 spiro atoms. The molecule has 3 rings (SSSR count). The summed E-state index contributed by atoms with van der Waals surface area (Å²) in [6, 6.07) is 5.57. The topological polar surface area (TPSA) is 97.5 Å². The van der Waals surface area contributed by atoms with Gasteiger partial charge in [-0.1, -0.05) is 0 Å². The molecule has 0 unspecified atom stereocenters. The third-order valence-electron chi connectivity index (χ3n) is 3.52. The SMILES string of the molecule is COc1cc(-c2nc(=S)n3cn[nH]c3c2C#N)cc(OC)c1OC. The minimum Gasteiger partial charge on any atom is -0.493 e. The first kappa shape index (κ1) is 15.8. The first-order valence-corrected chi connectivity index (χ1v) is 7.21. The predicted molar refractivity (Wildman–Crippen MR) is 88.0 cm³/mol. The summed E-state index contributed by atoms with van der Waals surface area (Å²) in [6.45, 7) is 0. The van der Waals surface area contributed by atoms with Crippen LogP contribution in [0.2, 0.25) is 0 Å². The minimum absolute atomic E-state index is 0.279. The molecule has 1 N–H and O–H groups in total. The highest BCUT2D eigenvalue weighted by atomic mass is 32.1. The van der Waals surface area contributed by atoms with Gasteiger partial charge in [0, 0.05) is 5.56 Å². The number of nitrogens with one attached hydrogen (secondary N) is 1. The maximum Gasteiger partial charge on any atom is 0.207 e. The molecule has 0 radical (unpaired) electrons. The van der Waals surface area contributed by atoms with Crippen molar-refractivity contribution in [2.75, 3.05) is 21.3 Å². The van der Waals surface area contributed by atoms with Crippen LogP contribution in [-0.2, 0) is 0 Å². The Morgan fingerprint density at radius 2 is 1.83 bits per heavy atom. The fourth-order valence-corrected chi connectivity index (χ4v) is 2.66. The van der Waals surface area contributed by atoms with E-state index in [1.807, 2.05) is 0 Å². The lowest BCUT2D eigenvalue weighted by atomic mass is 10.1. The summed E-state index contributed by atoms with van der Waals surface area (Å²) in [5.74, 6) is 1.37. The quantitative estimate of drug-likeness (QED) is 0.726. The van der Waals surface area contributed by atoms with Crippen LogP contribution in [0.5, 0.6) is 17.2 Å². The largest absolute Gasteiger partial charge is 0.493 e. The molecular weight excluding hydrogens is 330 g/mol. The summed E-state index contributed by atoms with van der Waals surface area (Å²) in [7, 11) is 4.56. The molecular formula is C15H13N5O3S. The van der Waals surface area contributed by atoms with Crippen LogP contribution in [0.15, 0.2) is 18.5 Å². The molecule has 24 heavy (non-hydrogen) atoms. The summed E-state index contributed by atoms with van der Waals surface area (Å²) in [4.78, 5) is 4.36. The molecule has 1 aromatic carbocycles. The Morgan fingerprint density at radius 3 is 2.38 bits per heavy atom. The number of fused-ring (bicyclic) bond motifs is 1. The molecule has 122 valence electrons. The van der Waals surface area contributed by atoms with Gasteiger partial charge in [-0.15, -0.1) is 0 Å². The summed E-state index contributed by atoms with van der Waals surface area (Å²) in [5, 5.41) is 16.2. The van der Waals surface area contributed by atoms with Crippen LogP contribution in [0.3, 0.4) is 0 Å².